The van der Waals surface area contributed by atoms with E-state index >= 15 is 0 Å². The van der Waals surface area contributed by atoms with Crippen LogP contribution in [0.5, 0.6) is 0 Å². The van der Waals surface area contributed by atoms with E-state index in [2.05, 4.69) is 13.8 Å². The molecule has 0 saturated carbocycles. The second kappa shape index (κ2) is 33.6. The Kier molecular flexibility index (Phi) is 33.2. The molecule has 0 aliphatic rings. The van der Waals surface area contributed by atoms with Crippen molar-refractivity contribution in [3.63, 3.8) is 0 Å². The van der Waals surface area contributed by atoms with Crippen LogP contribution in [0.1, 0.15) is 219 Å². The third-order valence-electron chi connectivity index (χ3n) is 8.39. The van der Waals surface area contributed by atoms with E-state index < -0.39 is 0 Å². The number of unbranched alkanes of at least 4 members (excludes halogenated alkanes) is 28. The number of aliphatic hydroxyl groups is 1. The first kappa shape index (κ1) is 36.5. The highest BCUT2D eigenvalue weighted by atomic mass is 16.2. The van der Waals surface area contributed by atoms with Gasteiger partial charge in [-0.3, -0.25) is 0 Å². The van der Waals surface area contributed by atoms with Crippen LogP contribution < -0.4 is 0 Å². The highest BCUT2D eigenvalue weighted by molar-refractivity contribution is 4.96. The van der Waals surface area contributed by atoms with Crippen molar-refractivity contribution in [1.82, 2.24) is 0 Å². The topological polar surface area (TPSA) is 20.2 Å². The normalized spacial score (nSPS) is 12.0. The molecule has 0 fully saturated rings. The van der Waals surface area contributed by atoms with Gasteiger partial charge >= 0.3 is 0 Å². The van der Waals surface area contributed by atoms with Gasteiger partial charge in [-0.2, -0.15) is 0 Å². The van der Waals surface area contributed by atoms with Crippen LogP contribution in [0.2, 0.25) is 0 Å². The first-order valence-electron chi connectivity index (χ1n) is 17.7. The molecule has 0 aliphatic carbocycles. The van der Waals surface area contributed by atoms with Crippen LogP contribution in [0.15, 0.2) is 11.8 Å². The van der Waals surface area contributed by atoms with Crippen molar-refractivity contribution in [3.05, 3.63) is 11.8 Å². The predicted octanol–water partition coefficient (Wildman–Crippen LogP) is 14.0. The van der Waals surface area contributed by atoms with Gasteiger partial charge in [0.1, 0.15) is 0 Å². The molecule has 0 saturated heterocycles. The lowest BCUT2D eigenvalue weighted by Crippen LogP contribution is -1.88. The molecule has 222 valence electrons. The number of hydrogen-bond acceptors (Lipinski definition) is 1. The third-order valence-corrected chi connectivity index (χ3v) is 8.39. The van der Waals surface area contributed by atoms with Crippen molar-refractivity contribution in [1.29, 1.82) is 0 Å². The Morgan fingerprint density at radius 2 is 0.514 bits per heavy atom. The van der Waals surface area contributed by atoms with E-state index in [0.29, 0.717) is 0 Å². The van der Waals surface area contributed by atoms with E-state index in [-0.39, 0.29) is 0 Å². The smallest absolute Gasteiger partial charge is 0.0783 e. The molecule has 1 heteroatoms. The lowest BCUT2D eigenvalue weighted by atomic mass is 9.99. The lowest BCUT2D eigenvalue weighted by Gasteiger charge is -2.07. The molecule has 37 heavy (non-hydrogen) atoms. The Balaban J connectivity index is 3.27. The Hall–Kier alpha value is -0.460. The second-order valence-electron chi connectivity index (χ2n) is 12.2. The van der Waals surface area contributed by atoms with Gasteiger partial charge < -0.3 is 5.11 Å². The molecular formula is C36H72O. The van der Waals surface area contributed by atoms with Gasteiger partial charge in [-0.1, -0.05) is 194 Å². The minimum Gasteiger partial charge on any atom is -0.516 e. The fraction of sp³-hybridized carbons (Fsp3) is 0.944. The lowest BCUT2D eigenvalue weighted by molar-refractivity contribution is 0.455. The van der Waals surface area contributed by atoms with Crippen LogP contribution in [0.25, 0.3) is 0 Å². The summed E-state index contributed by atoms with van der Waals surface area (Å²) in [5, 5.41) is 9.59. The minimum atomic E-state index is 1.12. The molecule has 0 amide bonds. The van der Waals surface area contributed by atoms with Gasteiger partial charge in [-0.25, -0.2) is 0 Å². The highest BCUT2D eigenvalue weighted by Crippen LogP contribution is 2.19. The minimum absolute atomic E-state index is 1.12. The summed E-state index contributed by atoms with van der Waals surface area (Å²) in [7, 11) is 0. The zero-order valence-electron chi connectivity index (χ0n) is 26.2. The molecular weight excluding hydrogens is 448 g/mol. The quantitative estimate of drug-likeness (QED) is 0.0690. The molecule has 0 aromatic carbocycles. The van der Waals surface area contributed by atoms with Crippen LogP contribution in [0.4, 0.5) is 0 Å². The summed E-state index contributed by atoms with van der Waals surface area (Å²) in [6.07, 6.45) is 46.2. The van der Waals surface area contributed by atoms with Gasteiger partial charge in [0.05, 0.1) is 6.26 Å². The summed E-state index contributed by atoms with van der Waals surface area (Å²) in [5.74, 6) is 0. The number of hydrogen-bond donors (Lipinski definition) is 1. The van der Waals surface area contributed by atoms with Crippen LogP contribution in [-0.2, 0) is 0 Å². The molecule has 1 nitrogen and oxygen atoms in total. The van der Waals surface area contributed by atoms with Crippen molar-refractivity contribution in [2.45, 2.75) is 219 Å². The molecule has 1 N–H and O–H groups in total. The highest BCUT2D eigenvalue weighted by Gasteiger charge is 2.00. The summed E-state index contributed by atoms with van der Waals surface area (Å²) in [5.41, 5.74) is 1.30. The summed E-state index contributed by atoms with van der Waals surface area (Å²) >= 11 is 0. The first-order chi connectivity index (χ1) is 18.3. The van der Waals surface area contributed by atoms with Gasteiger partial charge in [0.15, 0.2) is 0 Å². The van der Waals surface area contributed by atoms with Crippen LogP contribution in [0, 0.1) is 0 Å². The fourth-order valence-electron chi connectivity index (χ4n) is 5.70. The third kappa shape index (κ3) is 31.7. The van der Waals surface area contributed by atoms with Crippen molar-refractivity contribution in [3.8, 4) is 0 Å². The Labute approximate surface area is 236 Å². The van der Waals surface area contributed by atoms with Crippen LogP contribution >= 0.6 is 0 Å². The average Bonchev–Trinajstić information content (AvgIpc) is 2.91. The molecule has 0 aromatic rings. The van der Waals surface area contributed by atoms with E-state index in [4.69, 9.17) is 0 Å². The maximum absolute atomic E-state index is 9.59. The van der Waals surface area contributed by atoms with Crippen LogP contribution in [-0.4, -0.2) is 5.11 Å². The standard InChI is InChI=1S/C36H72O/c1-3-5-7-9-11-13-15-17-19-20-22-24-26-28-30-32-34-36(35-37)33-31-29-27-25-23-21-18-16-14-12-10-8-6-4-2/h35,37H,3-34H2,1-2H3. The molecule has 0 unspecified atom stereocenters. The zero-order chi connectivity index (χ0) is 26.9. The summed E-state index contributed by atoms with van der Waals surface area (Å²) in [6.45, 7) is 4.59. The Morgan fingerprint density at radius 3 is 0.703 bits per heavy atom. The van der Waals surface area contributed by atoms with Gasteiger partial charge in [0.2, 0.25) is 0 Å². The molecule has 0 radical (unpaired) electrons. The van der Waals surface area contributed by atoms with E-state index in [1.54, 1.807) is 0 Å². The van der Waals surface area contributed by atoms with E-state index in [0.717, 1.165) is 12.8 Å². The number of rotatable bonds is 32. The fourth-order valence-corrected chi connectivity index (χ4v) is 5.70. The molecule has 0 aromatic heterocycles. The molecule has 0 spiro atoms. The molecule has 0 rings (SSSR count). The predicted molar refractivity (Wildman–Crippen MR) is 170 cm³/mol. The van der Waals surface area contributed by atoms with Crippen molar-refractivity contribution < 1.29 is 5.11 Å². The van der Waals surface area contributed by atoms with E-state index in [1.807, 2.05) is 0 Å². The van der Waals surface area contributed by atoms with Crippen molar-refractivity contribution >= 4 is 0 Å². The maximum atomic E-state index is 9.59. The second-order valence-corrected chi connectivity index (χ2v) is 12.2. The van der Waals surface area contributed by atoms with Crippen molar-refractivity contribution in [2.75, 3.05) is 0 Å². The molecule has 0 heterocycles. The average molecular weight is 521 g/mol. The maximum Gasteiger partial charge on any atom is 0.0783 e. The SMILES string of the molecule is CCCCCCCCCCCCCCCCCCC(=CO)CCCCCCCCCCCCCCCC. The summed E-state index contributed by atoms with van der Waals surface area (Å²) < 4.78 is 0. The van der Waals surface area contributed by atoms with Gasteiger partial charge in [0.25, 0.3) is 0 Å². The molecule has 0 aliphatic heterocycles. The number of aliphatic hydroxyl groups excluding tert-OH is 1. The van der Waals surface area contributed by atoms with Crippen molar-refractivity contribution in [2.24, 2.45) is 0 Å². The Bertz CT molecular complexity index is 426. The number of allylic oxidation sites excluding steroid dienone is 1. The van der Waals surface area contributed by atoms with Gasteiger partial charge in [-0.05, 0) is 31.3 Å². The van der Waals surface area contributed by atoms with Gasteiger partial charge in [-0.15, -0.1) is 0 Å². The first-order valence-corrected chi connectivity index (χ1v) is 17.7. The monoisotopic (exact) mass is 521 g/mol. The molecule has 0 bridgehead atoms. The zero-order valence-corrected chi connectivity index (χ0v) is 26.2. The summed E-state index contributed by atoms with van der Waals surface area (Å²) in [4.78, 5) is 0. The van der Waals surface area contributed by atoms with E-state index in [1.165, 1.54) is 204 Å². The van der Waals surface area contributed by atoms with Crippen LogP contribution in [0.3, 0.4) is 0 Å². The molecule has 0 atom stereocenters. The largest absolute Gasteiger partial charge is 0.516 e. The summed E-state index contributed by atoms with van der Waals surface area (Å²) in [6, 6.07) is 0. The van der Waals surface area contributed by atoms with Gasteiger partial charge in [0, 0.05) is 0 Å². The Morgan fingerprint density at radius 1 is 0.324 bits per heavy atom. The van der Waals surface area contributed by atoms with E-state index in [9.17, 15) is 5.11 Å².